The second kappa shape index (κ2) is 74.5. The van der Waals surface area contributed by atoms with E-state index < -0.39 is 97.5 Å². The molecule has 0 aliphatic rings. The number of unbranched alkanes of at least 4 members (excludes halogenated alkanes) is 52. The summed E-state index contributed by atoms with van der Waals surface area (Å²) in [7, 11) is -9.92. The minimum Gasteiger partial charge on any atom is -0.462 e. The summed E-state index contributed by atoms with van der Waals surface area (Å²) in [5.41, 5.74) is 0. The van der Waals surface area contributed by atoms with E-state index in [0.29, 0.717) is 25.7 Å². The number of esters is 4. The lowest BCUT2D eigenvalue weighted by Gasteiger charge is -2.21. The fourth-order valence-electron chi connectivity index (χ4n) is 12.9. The third-order valence-electron chi connectivity index (χ3n) is 19.5. The van der Waals surface area contributed by atoms with Crippen molar-refractivity contribution in [3.8, 4) is 0 Å². The number of ether oxygens (including phenoxy) is 4. The zero-order valence-corrected chi connectivity index (χ0v) is 68.7. The average molecular weight is 1490 g/mol. The predicted molar refractivity (Wildman–Crippen MR) is 418 cm³/mol. The van der Waals surface area contributed by atoms with Crippen LogP contribution in [0.1, 0.15) is 440 Å². The van der Waals surface area contributed by atoms with E-state index in [-0.39, 0.29) is 25.7 Å². The van der Waals surface area contributed by atoms with E-state index in [0.717, 1.165) is 102 Å². The molecule has 0 radical (unpaired) electrons. The highest BCUT2D eigenvalue weighted by Crippen LogP contribution is 2.45. The minimum absolute atomic E-state index is 0.106. The van der Waals surface area contributed by atoms with Crippen molar-refractivity contribution in [1.82, 2.24) is 0 Å². The van der Waals surface area contributed by atoms with E-state index in [2.05, 4.69) is 41.5 Å². The first-order chi connectivity index (χ1) is 49.4. The largest absolute Gasteiger partial charge is 0.472 e. The van der Waals surface area contributed by atoms with Crippen molar-refractivity contribution in [2.24, 2.45) is 11.8 Å². The molecular formula is C83H162O17P2. The van der Waals surface area contributed by atoms with Gasteiger partial charge in [-0.05, 0) is 37.5 Å². The van der Waals surface area contributed by atoms with Gasteiger partial charge >= 0.3 is 39.5 Å². The van der Waals surface area contributed by atoms with Crippen LogP contribution < -0.4 is 0 Å². The van der Waals surface area contributed by atoms with Gasteiger partial charge in [-0.2, -0.15) is 0 Å². The summed E-state index contributed by atoms with van der Waals surface area (Å²) in [5.74, 6) is -0.557. The first-order valence-electron chi connectivity index (χ1n) is 43.0. The maximum Gasteiger partial charge on any atom is 0.472 e. The van der Waals surface area contributed by atoms with E-state index in [1.165, 1.54) is 257 Å². The lowest BCUT2D eigenvalue weighted by molar-refractivity contribution is -0.161. The predicted octanol–water partition coefficient (Wildman–Crippen LogP) is 25.1. The molecule has 0 saturated heterocycles. The minimum atomic E-state index is -4.96. The molecule has 19 heteroatoms. The van der Waals surface area contributed by atoms with Crippen molar-refractivity contribution in [2.45, 2.75) is 458 Å². The van der Waals surface area contributed by atoms with Crippen LogP contribution in [0.3, 0.4) is 0 Å². The van der Waals surface area contributed by atoms with Crippen molar-refractivity contribution in [1.29, 1.82) is 0 Å². The Morgan fingerprint density at radius 1 is 0.265 bits per heavy atom. The molecule has 102 heavy (non-hydrogen) atoms. The van der Waals surface area contributed by atoms with Gasteiger partial charge in [0.05, 0.1) is 26.4 Å². The normalized spacial score (nSPS) is 13.9. The summed E-state index contributed by atoms with van der Waals surface area (Å²) >= 11 is 0. The van der Waals surface area contributed by atoms with Gasteiger partial charge in [0, 0.05) is 25.7 Å². The third kappa shape index (κ3) is 76.3. The number of aliphatic hydroxyl groups is 1. The van der Waals surface area contributed by atoms with Crippen molar-refractivity contribution in [3.05, 3.63) is 0 Å². The fraction of sp³-hybridized carbons (Fsp3) is 0.952. The highest BCUT2D eigenvalue weighted by Gasteiger charge is 2.30. The number of carbonyl (C=O) groups is 4. The molecule has 0 rings (SSSR count). The number of hydrogen-bond donors (Lipinski definition) is 3. The van der Waals surface area contributed by atoms with E-state index in [9.17, 15) is 43.2 Å². The molecule has 17 nitrogen and oxygen atoms in total. The van der Waals surface area contributed by atoms with Crippen LogP contribution in [0.5, 0.6) is 0 Å². The van der Waals surface area contributed by atoms with Crippen molar-refractivity contribution >= 4 is 39.5 Å². The molecule has 0 aliphatic carbocycles. The number of aliphatic hydroxyl groups excluding tert-OH is 1. The van der Waals surface area contributed by atoms with Crippen molar-refractivity contribution in [2.75, 3.05) is 39.6 Å². The monoisotopic (exact) mass is 1490 g/mol. The molecule has 0 aromatic carbocycles. The smallest absolute Gasteiger partial charge is 0.462 e. The lowest BCUT2D eigenvalue weighted by Crippen LogP contribution is -2.30. The number of phosphoric ester groups is 2. The molecule has 0 bridgehead atoms. The van der Waals surface area contributed by atoms with Crippen LogP contribution in [0.4, 0.5) is 0 Å². The third-order valence-corrected chi connectivity index (χ3v) is 21.4. The molecule has 2 unspecified atom stereocenters. The van der Waals surface area contributed by atoms with Crippen LogP contribution in [0.15, 0.2) is 0 Å². The zero-order valence-electron chi connectivity index (χ0n) is 66.9. The van der Waals surface area contributed by atoms with E-state index in [1.807, 2.05) is 0 Å². The van der Waals surface area contributed by atoms with Gasteiger partial charge in [0.2, 0.25) is 0 Å². The van der Waals surface area contributed by atoms with Gasteiger partial charge in [0.1, 0.15) is 19.3 Å². The van der Waals surface area contributed by atoms with Gasteiger partial charge in [0.25, 0.3) is 0 Å². The van der Waals surface area contributed by atoms with Crippen LogP contribution in [0, 0.1) is 11.8 Å². The Morgan fingerprint density at radius 2 is 0.451 bits per heavy atom. The number of carbonyl (C=O) groups excluding carboxylic acids is 4. The fourth-order valence-corrected chi connectivity index (χ4v) is 14.5. The maximum absolute atomic E-state index is 13.1. The van der Waals surface area contributed by atoms with Crippen molar-refractivity contribution < 1.29 is 80.2 Å². The lowest BCUT2D eigenvalue weighted by atomic mass is 10.0. The van der Waals surface area contributed by atoms with Crippen molar-refractivity contribution in [3.63, 3.8) is 0 Å². The summed E-state index contributed by atoms with van der Waals surface area (Å²) in [5, 5.41) is 10.6. The standard InChI is InChI=1S/C83H162O17P2/c1-7-9-11-13-15-17-19-20-21-22-23-24-25-30-33-37-43-49-55-61-67-82(87)99-78(71-94-81(86)66-60-54-48-42-36-32-29-27-26-28-31-35-39-45-51-57-63-75(3)4)73-97-101(89,90)95-69-77(84)70-96-102(91,92)98-74-79(72-93-80(85)65-59-53-47-41-34-18-16-14-12-10-8-2)100-83(88)68-62-56-50-44-38-40-46-52-58-64-76(5)6/h75-79,84H,7-74H2,1-6H3,(H,89,90)(H,91,92)/t77-,78-,79-/m1/s1. The quantitative estimate of drug-likeness (QED) is 0.0222. The van der Waals surface area contributed by atoms with Crippen LogP contribution >= 0.6 is 15.6 Å². The van der Waals surface area contributed by atoms with Crippen LogP contribution in [0.25, 0.3) is 0 Å². The van der Waals surface area contributed by atoms with Gasteiger partial charge < -0.3 is 33.8 Å². The summed E-state index contributed by atoms with van der Waals surface area (Å²) < 4.78 is 68.8. The topological polar surface area (TPSA) is 237 Å². The first-order valence-corrected chi connectivity index (χ1v) is 46.0. The molecule has 0 aromatic rings. The van der Waals surface area contributed by atoms with Gasteiger partial charge in [-0.1, -0.05) is 388 Å². The maximum atomic E-state index is 13.1. The Balaban J connectivity index is 5.22. The summed E-state index contributed by atoms with van der Waals surface area (Å²) in [6.45, 7) is 9.65. The van der Waals surface area contributed by atoms with E-state index >= 15 is 0 Å². The Labute approximate surface area is 626 Å². The molecule has 5 atom stereocenters. The molecule has 0 saturated carbocycles. The van der Waals surface area contributed by atoms with E-state index in [4.69, 9.17) is 37.0 Å². The Hall–Kier alpha value is -1.94. The molecule has 606 valence electrons. The molecular weight excluding hydrogens is 1330 g/mol. The molecule has 0 heterocycles. The average Bonchev–Trinajstić information content (AvgIpc) is 0.916. The van der Waals surface area contributed by atoms with Crippen LogP contribution in [0.2, 0.25) is 0 Å². The Bertz CT molecular complexity index is 1960. The highest BCUT2D eigenvalue weighted by molar-refractivity contribution is 7.47. The number of rotatable bonds is 82. The van der Waals surface area contributed by atoms with E-state index in [1.54, 1.807) is 0 Å². The second-order valence-electron chi connectivity index (χ2n) is 30.8. The SMILES string of the molecule is CCCCCCCCCCCCCCCCCCCCCCC(=O)O[C@H](COC(=O)CCCCCCCCCCCCCCCCCCC(C)C)COP(=O)(O)OC[C@@H](O)COP(=O)(O)OC[C@@H](COC(=O)CCCCCCCCCCCCC)OC(=O)CCCCCCCCCCCC(C)C. The summed E-state index contributed by atoms with van der Waals surface area (Å²) in [6.07, 6.45) is 65.3. The second-order valence-corrected chi connectivity index (χ2v) is 33.7. The van der Waals surface area contributed by atoms with Gasteiger partial charge in [-0.25, -0.2) is 9.13 Å². The molecule has 0 spiro atoms. The van der Waals surface area contributed by atoms with Gasteiger partial charge in [0.15, 0.2) is 12.2 Å². The number of hydrogen-bond acceptors (Lipinski definition) is 15. The van der Waals surface area contributed by atoms with Crippen LogP contribution in [-0.4, -0.2) is 96.7 Å². The molecule has 0 aliphatic heterocycles. The number of phosphoric acid groups is 2. The summed E-state index contributed by atoms with van der Waals surface area (Å²) in [4.78, 5) is 73.1. The highest BCUT2D eigenvalue weighted by atomic mass is 31.2. The zero-order chi connectivity index (χ0) is 74.9. The van der Waals surface area contributed by atoms with Gasteiger partial charge in [-0.3, -0.25) is 37.3 Å². The Morgan fingerprint density at radius 3 is 0.667 bits per heavy atom. The molecule has 0 aromatic heterocycles. The summed E-state index contributed by atoms with van der Waals surface area (Å²) in [6, 6.07) is 0. The van der Waals surface area contributed by atoms with Crippen LogP contribution in [-0.2, 0) is 65.4 Å². The first kappa shape index (κ1) is 100. The molecule has 3 N–H and O–H groups in total. The molecule has 0 fully saturated rings. The van der Waals surface area contributed by atoms with Gasteiger partial charge in [-0.15, -0.1) is 0 Å². The molecule has 0 amide bonds. The Kier molecular flexibility index (Phi) is 73.1.